The highest BCUT2D eigenvalue weighted by molar-refractivity contribution is 7.92. The highest BCUT2D eigenvalue weighted by Gasteiger charge is 2.20. The number of sulfonamides is 1. The first-order chi connectivity index (χ1) is 8.88. The maximum absolute atomic E-state index is 11.9. The van der Waals surface area contributed by atoms with Crippen molar-refractivity contribution in [1.82, 2.24) is 15.2 Å². The van der Waals surface area contributed by atoms with Gasteiger partial charge in [0.15, 0.2) is 0 Å². The van der Waals surface area contributed by atoms with Crippen LogP contribution in [0.15, 0.2) is 38.9 Å². The van der Waals surface area contributed by atoms with E-state index in [1.807, 2.05) is 12.0 Å². The lowest BCUT2D eigenvalue weighted by Gasteiger charge is -2.06. The lowest BCUT2D eigenvalue weighted by Crippen LogP contribution is -2.31. The monoisotopic (exact) mass is 282 g/mol. The van der Waals surface area contributed by atoms with E-state index in [-0.39, 0.29) is 5.69 Å². The van der Waals surface area contributed by atoms with Crippen LogP contribution in [0, 0.1) is 6.92 Å². The molecule has 0 radical (unpaired) electrons. The van der Waals surface area contributed by atoms with Gasteiger partial charge >= 0.3 is 5.69 Å². The number of hydrogen-bond acceptors (Lipinski definition) is 5. The number of aromatic amines is 2. The van der Waals surface area contributed by atoms with E-state index in [0.717, 1.165) is 5.56 Å². The molecule has 2 rings (SSSR count). The third kappa shape index (κ3) is 2.88. The second-order valence-corrected chi connectivity index (χ2v) is 5.38. The first kappa shape index (κ1) is 13.0. The van der Waals surface area contributed by atoms with Gasteiger partial charge in [0.2, 0.25) is 0 Å². The summed E-state index contributed by atoms with van der Waals surface area (Å²) in [5.74, 6) is 0. The molecule has 0 unspecified atom stereocenters. The van der Waals surface area contributed by atoms with Gasteiger partial charge in [0.25, 0.3) is 20.6 Å². The van der Waals surface area contributed by atoms with Gasteiger partial charge in [-0.15, -0.1) is 0 Å². The fourth-order valence-electron chi connectivity index (χ4n) is 1.34. The fourth-order valence-corrected chi connectivity index (χ4v) is 2.35. The number of benzene rings is 1. The molecule has 0 aliphatic rings. The number of H-pyrrole nitrogens is 2. The quantitative estimate of drug-likeness (QED) is 0.704. The molecule has 0 fully saturated rings. The second kappa shape index (κ2) is 4.69. The lowest BCUT2D eigenvalue weighted by molar-refractivity contribution is 0.591. The Morgan fingerprint density at radius 2 is 1.79 bits per heavy atom. The molecule has 0 aliphatic carbocycles. The Balaban J connectivity index is 2.40. The second-order valence-electron chi connectivity index (χ2n) is 3.78. The van der Waals surface area contributed by atoms with Crippen molar-refractivity contribution in [3.63, 3.8) is 0 Å². The normalized spacial score (nSPS) is 11.2. The lowest BCUT2D eigenvalue weighted by atomic mass is 10.2. The number of rotatable bonds is 3. The number of anilines is 1. The molecule has 2 aromatic rings. The highest BCUT2D eigenvalue weighted by Crippen LogP contribution is 2.12. The summed E-state index contributed by atoms with van der Waals surface area (Å²) in [5, 5.41) is 4.29. The minimum atomic E-state index is -4.15. The molecule has 0 bridgehead atoms. The summed E-state index contributed by atoms with van der Waals surface area (Å²) in [6.45, 7) is 1.85. The van der Waals surface area contributed by atoms with Crippen LogP contribution in [0.4, 0.5) is 5.69 Å². The zero-order valence-corrected chi connectivity index (χ0v) is 10.6. The van der Waals surface area contributed by atoms with E-state index < -0.39 is 26.3 Å². The maximum atomic E-state index is 11.9. The van der Waals surface area contributed by atoms with Gasteiger partial charge in [0.1, 0.15) is 0 Å². The number of nitrogens with zero attached hydrogens (tertiary/aromatic N) is 1. The Bertz CT molecular complexity index is 804. The van der Waals surface area contributed by atoms with Crippen LogP contribution in [-0.4, -0.2) is 23.6 Å². The van der Waals surface area contributed by atoms with Gasteiger partial charge in [-0.3, -0.25) is 14.5 Å². The van der Waals surface area contributed by atoms with Crippen molar-refractivity contribution in [2.75, 3.05) is 4.72 Å². The minimum Gasteiger partial charge on any atom is -0.278 e. The molecule has 100 valence electrons. The Kier molecular flexibility index (Phi) is 3.21. The van der Waals surface area contributed by atoms with Crippen LogP contribution in [0.3, 0.4) is 0 Å². The van der Waals surface area contributed by atoms with E-state index in [0.29, 0.717) is 0 Å². The third-order valence-corrected chi connectivity index (χ3v) is 3.53. The average molecular weight is 282 g/mol. The van der Waals surface area contributed by atoms with Gasteiger partial charge in [-0.05, 0) is 19.1 Å². The van der Waals surface area contributed by atoms with Crippen LogP contribution in [0.1, 0.15) is 5.56 Å². The SMILES string of the molecule is Cc1ccc(NS(=O)(=O)c2n[nH]c(=O)[nH]c2=O)cc1. The molecule has 0 saturated heterocycles. The van der Waals surface area contributed by atoms with Crippen molar-refractivity contribution >= 4 is 15.7 Å². The zero-order chi connectivity index (χ0) is 14.0. The number of aryl methyl sites for hydroxylation is 1. The van der Waals surface area contributed by atoms with E-state index in [1.165, 1.54) is 0 Å². The molecular formula is C10H10N4O4S. The summed E-state index contributed by atoms with van der Waals surface area (Å²) < 4.78 is 26.0. The molecule has 0 aliphatic heterocycles. The van der Waals surface area contributed by atoms with Crippen LogP contribution in [-0.2, 0) is 10.0 Å². The van der Waals surface area contributed by atoms with E-state index in [9.17, 15) is 18.0 Å². The van der Waals surface area contributed by atoms with Gasteiger partial charge < -0.3 is 0 Å². The fraction of sp³-hybridized carbons (Fsp3) is 0.100. The number of nitrogens with one attached hydrogen (secondary N) is 3. The molecule has 0 saturated carbocycles. The predicted octanol–water partition coefficient (Wildman–Crippen LogP) is -0.433. The molecule has 3 N–H and O–H groups in total. The summed E-state index contributed by atoms with van der Waals surface area (Å²) in [5.41, 5.74) is -0.705. The Hall–Kier alpha value is -2.42. The molecule has 1 aromatic carbocycles. The molecular weight excluding hydrogens is 272 g/mol. The molecule has 1 aromatic heterocycles. The summed E-state index contributed by atoms with van der Waals surface area (Å²) in [7, 11) is -4.15. The Morgan fingerprint density at radius 3 is 2.37 bits per heavy atom. The van der Waals surface area contributed by atoms with Gasteiger partial charge in [0.05, 0.1) is 0 Å². The molecule has 1 heterocycles. The van der Waals surface area contributed by atoms with Crippen molar-refractivity contribution in [3.05, 3.63) is 50.7 Å². The largest absolute Gasteiger partial charge is 0.342 e. The van der Waals surface area contributed by atoms with Crippen LogP contribution in [0.5, 0.6) is 0 Å². The van der Waals surface area contributed by atoms with Gasteiger partial charge in [-0.2, -0.15) is 13.5 Å². The molecule has 0 amide bonds. The van der Waals surface area contributed by atoms with Crippen molar-refractivity contribution < 1.29 is 8.42 Å². The van der Waals surface area contributed by atoms with Crippen molar-refractivity contribution in [2.24, 2.45) is 0 Å². The Labute approximate surface area is 107 Å². The Morgan fingerprint density at radius 1 is 1.16 bits per heavy atom. The first-order valence-corrected chi connectivity index (χ1v) is 6.65. The van der Waals surface area contributed by atoms with Gasteiger partial charge in [0, 0.05) is 5.69 Å². The molecule has 19 heavy (non-hydrogen) atoms. The highest BCUT2D eigenvalue weighted by atomic mass is 32.2. The van der Waals surface area contributed by atoms with Gasteiger partial charge in [-0.25, -0.2) is 9.89 Å². The predicted molar refractivity (Wildman–Crippen MR) is 67.5 cm³/mol. The summed E-state index contributed by atoms with van der Waals surface area (Å²) >= 11 is 0. The van der Waals surface area contributed by atoms with Crippen LogP contribution < -0.4 is 16.0 Å². The number of hydrogen-bond donors (Lipinski definition) is 3. The summed E-state index contributed by atoms with van der Waals surface area (Å²) in [6.07, 6.45) is 0. The molecule has 0 atom stereocenters. The van der Waals surface area contributed by atoms with E-state index in [4.69, 9.17) is 0 Å². The summed E-state index contributed by atoms with van der Waals surface area (Å²) in [4.78, 5) is 23.9. The molecule has 9 heteroatoms. The standard InChI is InChI=1S/C10H10N4O4S/c1-6-2-4-7(5-3-6)14-19(17,18)9-8(15)11-10(16)13-12-9/h2-5,14H,1H3,(H2,11,13,15,16). The van der Waals surface area contributed by atoms with E-state index in [1.54, 1.807) is 29.2 Å². The van der Waals surface area contributed by atoms with Crippen LogP contribution >= 0.6 is 0 Å². The van der Waals surface area contributed by atoms with Crippen LogP contribution in [0.2, 0.25) is 0 Å². The van der Waals surface area contributed by atoms with E-state index in [2.05, 4.69) is 9.82 Å². The van der Waals surface area contributed by atoms with Gasteiger partial charge in [-0.1, -0.05) is 17.7 Å². The topological polar surface area (TPSA) is 125 Å². The average Bonchev–Trinajstić information content (AvgIpc) is 2.31. The molecule has 0 spiro atoms. The van der Waals surface area contributed by atoms with Crippen molar-refractivity contribution in [1.29, 1.82) is 0 Å². The first-order valence-electron chi connectivity index (χ1n) is 5.17. The summed E-state index contributed by atoms with van der Waals surface area (Å²) in [6, 6.07) is 6.52. The van der Waals surface area contributed by atoms with E-state index >= 15 is 0 Å². The maximum Gasteiger partial charge on any atom is 0.342 e. The number of aromatic nitrogens is 3. The minimum absolute atomic E-state index is 0.290. The third-order valence-electron chi connectivity index (χ3n) is 2.24. The van der Waals surface area contributed by atoms with Crippen molar-refractivity contribution in [2.45, 2.75) is 11.9 Å². The zero-order valence-electron chi connectivity index (χ0n) is 9.80. The van der Waals surface area contributed by atoms with Crippen molar-refractivity contribution in [3.8, 4) is 0 Å². The molecule has 8 nitrogen and oxygen atoms in total. The van der Waals surface area contributed by atoms with Crippen LogP contribution in [0.25, 0.3) is 0 Å². The smallest absolute Gasteiger partial charge is 0.278 e.